The minimum absolute atomic E-state index is 0.0749. The molecule has 0 atom stereocenters. The van der Waals surface area contributed by atoms with Crippen LogP contribution < -0.4 is 5.32 Å². The maximum atomic E-state index is 11.9. The van der Waals surface area contributed by atoms with Crippen LogP contribution in [0.1, 0.15) is 21.5 Å². The molecule has 0 saturated heterocycles. The highest BCUT2D eigenvalue weighted by Crippen LogP contribution is 2.07. The minimum Gasteiger partial charge on any atom is -0.380 e. The van der Waals surface area contributed by atoms with E-state index in [-0.39, 0.29) is 5.91 Å². The second kappa shape index (κ2) is 6.02. The first-order valence-corrected chi connectivity index (χ1v) is 5.77. The lowest BCUT2D eigenvalue weighted by molar-refractivity contribution is 0.0950. The second-order valence-corrected chi connectivity index (χ2v) is 4.04. The molecule has 0 radical (unpaired) electrons. The monoisotopic (exact) mass is 244 g/mol. The molecule has 0 aliphatic carbocycles. The summed E-state index contributed by atoms with van der Waals surface area (Å²) in [6.07, 6.45) is 3.70. The van der Waals surface area contributed by atoms with Crippen molar-refractivity contribution in [2.75, 3.05) is 7.11 Å². The highest BCUT2D eigenvalue weighted by atomic mass is 16.5. The predicted molar refractivity (Wildman–Crippen MR) is 69.1 cm³/mol. The smallest absolute Gasteiger partial charge is 0.251 e. The van der Waals surface area contributed by atoms with Crippen molar-refractivity contribution in [2.45, 2.75) is 13.2 Å². The van der Waals surface area contributed by atoms with Crippen LogP contribution in [0.2, 0.25) is 0 Å². The van der Waals surface area contributed by atoms with E-state index in [9.17, 15) is 4.79 Å². The summed E-state index contributed by atoms with van der Waals surface area (Å²) in [5.74, 6) is -0.0749. The minimum atomic E-state index is -0.0749. The van der Waals surface area contributed by atoms with Gasteiger partial charge in [0.1, 0.15) is 0 Å². The predicted octanol–water partition coefficient (Wildman–Crippen LogP) is 2.09. The number of aromatic amines is 1. The normalized spacial score (nSPS) is 10.3. The zero-order valence-corrected chi connectivity index (χ0v) is 10.3. The van der Waals surface area contributed by atoms with Crippen LogP contribution in [0.4, 0.5) is 0 Å². The van der Waals surface area contributed by atoms with Gasteiger partial charge in [0.05, 0.1) is 6.61 Å². The molecular weight excluding hydrogens is 228 g/mol. The van der Waals surface area contributed by atoms with Crippen molar-refractivity contribution in [3.05, 3.63) is 59.4 Å². The Bertz CT molecular complexity index is 506. The fourth-order valence-corrected chi connectivity index (χ4v) is 1.72. The van der Waals surface area contributed by atoms with Crippen LogP contribution in [-0.4, -0.2) is 18.0 Å². The van der Waals surface area contributed by atoms with Gasteiger partial charge in [0, 0.05) is 31.6 Å². The number of carbonyl (C=O) groups is 1. The molecular formula is C14H16N2O2. The molecule has 4 nitrogen and oxygen atoms in total. The molecule has 0 unspecified atom stereocenters. The van der Waals surface area contributed by atoms with Crippen LogP contribution >= 0.6 is 0 Å². The number of ether oxygens (including phenoxy) is 1. The van der Waals surface area contributed by atoms with Crippen LogP contribution in [0.3, 0.4) is 0 Å². The van der Waals surface area contributed by atoms with E-state index in [1.165, 1.54) is 0 Å². The van der Waals surface area contributed by atoms with Gasteiger partial charge in [0.15, 0.2) is 0 Å². The van der Waals surface area contributed by atoms with Crippen LogP contribution in [0, 0.1) is 0 Å². The molecule has 2 aromatic rings. The van der Waals surface area contributed by atoms with E-state index < -0.39 is 0 Å². The van der Waals surface area contributed by atoms with Gasteiger partial charge in [-0.1, -0.05) is 12.1 Å². The van der Waals surface area contributed by atoms with Gasteiger partial charge in [-0.25, -0.2) is 0 Å². The third-order valence-electron chi connectivity index (χ3n) is 2.62. The van der Waals surface area contributed by atoms with Crippen LogP contribution in [0.25, 0.3) is 0 Å². The lowest BCUT2D eigenvalue weighted by Gasteiger charge is -2.06. The number of methoxy groups -OCH3 is 1. The third-order valence-corrected chi connectivity index (χ3v) is 2.62. The van der Waals surface area contributed by atoms with Crippen molar-refractivity contribution in [3.63, 3.8) is 0 Å². The Labute approximate surface area is 106 Å². The molecule has 0 fully saturated rings. The van der Waals surface area contributed by atoms with Gasteiger partial charge >= 0.3 is 0 Å². The van der Waals surface area contributed by atoms with Crippen LogP contribution in [-0.2, 0) is 17.9 Å². The van der Waals surface area contributed by atoms with E-state index >= 15 is 0 Å². The van der Waals surface area contributed by atoms with Crippen molar-refractivity contribution in [1.29, 1.82) is 0 Å². The highest BCUT2D eigenvalue weighted by molar-refractivity contribution is 5.94. The molecule has 18 heavy (non-hydrogen) atoms. The van der Waals surface area contributed by atoms with E-state index in [0.29, 0.717) is 18.7 Å². The van der Waals surface area contributed by atoms with Crippen molar-refractivity contribution in [2.24, 2.45) is 0 Å². The van der Waals surface area contributed by atoms with Gasteiger partial charge in [-0.05, 0) is 29.3 Å². The SMILES string of the molecule is COCc1cccc(C(=O)NCc2cc[nH]c2)c1. The zero-order valence-electron chi connectivity index (χ0n) is 10.3. The van der Waals surface area contributed by atoms with Gasteiger partial charge in [-0.15, -0.1) is 0 Å². The number of aromatic nitrogens is 1. The summed E-state index contributed by atoms with van der Waals surface area (Å²) in [5, 5.41) is 2.87. The van der Waals surface area contributed by atoms with Crippen molar-refractivity contribution in [1.82, 2.24) is 10.3 Å². The summed E-state index contributed by atoms with van der Waals surface area (Å²) >= 11 is 0. The van der Waals surface area contributed by atoms with Crippen LogP contribution in [0.15, 0.2) is 42.7 Å². The summed E-state index contributed by atoms with van der Waals surface area (Å²) in [6.45, 7) is 1.04. The largest absolute Gasteiger partial charge is 0.380 e. The summed E-state index contributed by atoms with van der Waals surface area (Å²) in [6, 6.07) is 9.37. The molecule has 0 spiro atoms. The summed E-state index contributed by atoms with van der Waals surface area (Å²) < 4.78 is 5.05. The number of nitrogens with one attached hydrogen (secondary N) is 2. The van der Waals surface area contributed by atoms with E-state index in [2.05, 4.69) is 10.3 Å². The zero-order chi connectivity index (χ0) is 12.8. The van der Waals surface area contributed by atoms with Gasteiger partial charge in [-0.3, -0.25) is 4.79 Å². The van der Waals surface area contributed by atoms with Crippen molar-refractivity contribution in [3.8, 4) is 0 Å². The lowest BCUT2D eigenvalue weighted by atomic mass is 10.1. The molecule has 0 saturated carbocycles. The van der Waals surface area contributed by atoms with E-state index in [1.807, 2.05) is 36.7 Å². The number of hydrogen-bond donors (Lipinski definition) is 2. The fraction of sp³-hybridized carbons (Fsp3) is 0.214. The number of hydrogen-bond acceptors (Lipinski definition) is 2. The number of H-pyrrole nitrogens is 1. The molecule has 0 aliphatic rings. The van der Waals surface area contributed by atoms with Crippen LogP contribution in [0.5, 0.6) is 0 Å². The molecule has 2 N–H and O–H groups in total. The first kappa shape index (κ1) is 12.4. The summed E-state index contributed by atoms with van der Waals surface area (Å²) in [4.78, 5) is 14.9. The highest BCUT2D eigenvalue weighted by Gasteiger charge is 2.05. The average Bonchev–Trinajstić information content (AvgIpc) is 2.90. The molecule has 4 heteroatoms. The standard InChI is InChI=1S/C14H16N2O2/c1-18-10-11-3-2-4-13(7-11)14(17)16-9-12-5-6-15-8-12/h2-8,15H,9-10H2,1H3,(H,16,17). The molecule has 0 aliphatic heterocycles. The van der Waals surface area contributed by atoms with E-state index in [1.54, 1.807) is 13.2 Å². The quantitative estimate of drug-likeness (QED) is 0.846. The molecule has 1 aromatic heterocycles. The Kier molecular flexibility index (Phi) is 4.15. The first-order valence-electron chi connectivity index (χ1n) is 5.77. The fourth-order valence-electron chi connectivity index (χ4n) is 1.72. The lowest BCUT2D eigenvalue weighted by Crippen LogP contribution is -2.22. The van der Waals surface area contributed by atoms with Crippen molar-refractivity contribution >= 4 is 5.91 Å². The Morgan fingerprint density at radius 1 is 1.33 bits per heavy atom. The Morgan fingerprint density at radius 3 is 2.94 bits per heavy atom. The van der Waals surface area contributed by atoms with Gasteiger partial charge in [0.25, 0.3) is 5.91 Å². The summed E-state index contributed by atoms with van der Waals surface area (Å²) in [7, 11) is 1.64. The molecule has 94 valence electrons. The van der Waals surface area contributed by atoms with E-state index in [4.69, 9.17) is 4.74 Å². The Balaban J connectivity index is 1.97. The number of carbonyl (C=O) groups excluding carboxylic acids is 1. The maximum Gasteiger partial charge on any atom is 0.251 e. The Morgan fingerprint density at radius 2 is 2.22 bits per heavy atom. The van der Waals surface area contributed by atoms with Gasteiger partial charge in [-0.2, -0.15) is 0 Å². The first-order chi connectivity index (χ1) is 8.79. The molecule has 0 bridgehead atoms. The topological polar surface area (TPSA) is 54.1 Å². The number of amides is 1. The molecule has 1 heterocycles. The Hall–Kier alpha value is -2.07. The molecule has 2 rings (SSSR count). The maximum absolute atomic E-state index is 11.9. The van der Waals surface area contributed by atoms with E-state index in [0.717, 1.165) is 11.1 Å². The molecule has 1 amide bonds. The molecule has 1 aromatic carbocycles. The third kappa shape index (κ3) is 3.21. The second-order valence-electron chi connectivity index (χ2n) is 4.04. The summed E-state index contributed by atoms with van der Waals surface area (Å²) in [5.41, 5.74) is 2.70. The average molecular weight is 244 g/mol. The van der Waals surface area contributed by atoms with Crippen molar-refractivity contribution < 1.29 is 9.53 Å². The van der Waals surface area contributed by atoms with Gasteiger partial charge < -0.3 is 15.0 Å². The number of rotatable bonds is 5. The number of benzene rings is 1. The van der Waals surface area contributed by atoms with Gasteiger partial charge in [0.2, 0.25) is 0 Å².